The molecule has 0 aliphatic carbocycles. The fourth-order valence-electron chi connectivity index (χ4n) is 2.91. The number of rotatable bonds is 3. The minimum Gasteiger partial charge on any atom is -0.355 e. The highest BCUT2D eigenvalue weighted by Gasteiger charge is 2.28. The molecule has 0 unspecified atom stereocenters. The summed E-state index contributed by atoms with van der Waals surface area (Å²) in [5.41, 5.74) is 2.30. The lowest BCUT2D eigenvalue weighted by Crippen LogP contribution is -2.32. The summed E-state index contributed by atoms with van der Waals surface area (Å²) in [4.78, 5) is 2.02. The Labute approximate surface area is 158 Å². The molecule has 0 atom stereocenters. The van der Waals surface area contributed by atoms with Crippen LogP contribution in [0, 0.1) is 0 Å². The van der Waals surface area contributed by atoms with Crippen molar-refractivity contribution in [2.24, 2.45) is 10.2 Å². The normalized spacial score (nSPS) is 20.2. The van der Waals surface area contributed by atoms with Crippen LogP contribution in [0.2, 0.25) is 0 Å². The van der Waals surface area contributed by atoms with Gasteiger partial charge in [0.15, 0.2) is 15.7 Å². The fourth-order valence-corrected chi connectivity index (χ4v) is 3.65. The maximum Gasteiger partial charge on any atom is 0.205 e. The second kappa shape index (κ2) is 7.43. The molecule has 0 saturated heterocycles. The molecule has 8 nitrogen and oxygen atoms in total. The third-order valence-electron chi connectivity index (χ3n) is 4.26. The van der Waals surface area contributed by atoms with E-state index in [2.05, 4.69) is 20.5 Å². The molecule has 2 heterocycles. The van der Waals surface area contributed by atoms with Gasteiger partial charge in [0.25, 0.3) is 0 Å². The molecule has 1 aromatic carbocycles. The minimum atomic E-state index is -3.66. The first-order valence-corrected chi connectivity index (χ1v) is 10.6. The van der Waals surface area contributed by atoms with E-state index in [0.29, 0.717) is 22.9 Å². The standard InChI is InChI=1S/C18H22N6O2S/c1-5-23(6-2)17-13(3)12-15-16(18(21-20-17)27(4,25)26)24(22-19-15)14-10-8-7-9-11-14/h7-12H,5-6H2,1-4H3/b13-12-,15-12?,17-13?,18-16?,20-17+,21-18+,21-20?. The van der Waals surface area contributed by atoms with Crippen LogP contribution in [0.3, 0.4) is 0 Å². The summed E-state index contributed by atoms with van der Waals surface area (Å²) in [5.74, 6) is 0.626. The van der Waals surface area contributed by atoms with Gasteiger partial charge in [-0.2, -0.15) is 0 Å². The Hall–Kier alpha value is -2.81. The summed E-state index contributed by atoms with van der Waals surface area (Å²) >= 11 is 0. The molecule has 0 radical (unpaired) electrons. The molecule has 0 saturated carbocycles. The van der Waals surface area contributed by atoms with Gasteiger partial charge < -0.3 is 4.90 Å². The van der Waals surface area contributed by atoms with E-state index < -0.39 is 9.84 Å². The van der Waals surface area contributed by atoms with E-state index in [1.54, 1.807) is 6.08 Å². The number of amidine groups is 1. The molecule has 0 amide bonds. The Kier molecular flexibility index (Phi) is 5.22. The van der Waals surface area contributed by atoms with E-state index in [9.17, 15) is 8.42 Å². The first kappa shape index (κ1) is 19.0. The van der Waals surface area contributed by atoms with Gasteiger partial charge in [0.2, 0.25) is 5.04 Å². The van der Waals surface area contributed by atoms with E-state index in [-0.39, 0.29) is 5.04 Å². The third-order valence-corrected chi connectivity index (χ3v) is 5.23. The average molecular weight is 386 g/mol. The predicted octanol–water partition coefficient (Wildman–Crippen LogP) is 2.13. The number of aromatic nitrogens is 3. The van der Waals surface area contributed by atoms with Crippen molar-refractivity contribution in [2.75, 3.05) is 19.3 Å². The summed E-state index contributed by atoms with van der Waals surface area (Å²) in [6.07, 6.45) is 2.92. The molecule has 1 aliphatic heterocycles. The molecule has 9 heteroatoms. The summed E-state index contributed by atoms with van der Waals surface area (Å²) in [6, 6.07) is 9.23. The van der Waals surface area contributed by atoms with E-state index in [4.69, 9.17) is 0 Å². The third kappa shape index (κ3) is 3.68. The number of fused-ring (bicyclic) bond motifs is 1. The van der Waals surface area contributed by atoms with Crippen molar-refractivity contribution in [3.8, 4) is 5.69 Å². The van der Waals surface area contributed by atoms with Gasteiger partial charge in [0, 0.05) is 19.3 Å². The number of nitrogens with zero attached hydrogens (tertiary/aromatic N) is 6. The molecule has 27 heavy (non-hydrogen) atoms. The van der Waals surface area contributed by atoms with Gasteiger partial charge in [-0.1, -0.05) is 23.4 Å². The van der Waals surface area contributed by atoms with Crippen LogP contribution in [0.15, 0.2) is 46.1 Å². The highest BCUT2D eigenvalue weighted by atomic mass is 32.2. The van der Waals surface area contributed by atoms with Crippen LogP contribution in [-0.4, -0.2) is 58.5 Å². The van der Waals surface area contributed by atoms with Crippen molar-refractivity contribution in [1.82, 2.24) is 19.9 Å². The first-order valence-electron chi connectivity index (χ1n) is 8.67. The van der Waals surface area contributed by atoms with E-state index in [0.717, 1.165) is 24.9 Å². The van der Waals surface area contributed by atoms with Gasteiger partial charge in [-0.25, -0.2) is 13.1 Å². The van der Waals surface area contributed by atoms with Crippen LogP contribution in [0.25, 0.3) is 11.8 Å². The number of para-hydroxylation sites is 1. The molecule has 2 aromatic rings. The maximum absolute atomic E-state index is 12.5. The van der Waals surface area contributed by atoms with Crippen molar-refractivity contribution < 1.29 is 8.42 Å². The highest BCUT2D eigenvalue weighted by molar-refractivity contribution is 8.06. The Morgan fingerprint density at radius 1 is 1.07 bits per heavy atom. The monoisotopic (exact) mass is 386 g/mol. The smallest absolute Gasteiger partial charge is 0.205 e. The summed E-state index contributed by atoms with van der Waals surface area (Å²) in [5, 5.41) is 16.6. The van der Waals surface area contributed by atoms with E-state index >= 15 is 0 Å². The second-order valence-corrected chi connectivity index (χ2v) is 8.10. The molecule has 1 aromatic heterocycles. The number of sulfone groups is 1. The first-order chi connectivity index (χ1) is 12.9. The zero-order valence-corrected chi connectivity index (χ0v) is 16.6. The lowest BCUT2D eigenvalue weighted by atomic mass is 10.1. The number of benzene rings is 1. The van der Waals surface area contributed by atoms with Gasteiger partial charge in [-0.05, 0) is 44.6 Å². The van der Waals surface area contributed by atoms with Gasteiger partial charge in [-0.15, -0.1) is 15.3 Å². The lowest BCUT2D eigenvalue weighted by molar-refractivity contribution is 0.464. The quantitative estimate of drug-likeness (QED) is 0.806. The molecule has 1 aliphatic rings. The Morgan fingerprint density at radius 3 is 2.33 bits per heavy atom. The van der Waals surface area contributed by atoms with Crippen molar-refractivity contribution in [3.05, 3.63) is 47.3 Å². The number of hydrogen-bond donors (Lipinski definition) is 0. The summed E-state index contributed by atoms with van der Waals surface area (Å²) in [7, 11) is -3.66. The number of hydrogen-bond acceptors (Lipinski definition) is 7. The summed E-state index contributed by atoms with van der Waals surface area (Å²) < 4.78 is 26.5. The molecular formula is C18H22N6O2S. The molecule has 0 bridgehead atoms. The van der Waals surface area contributed by atoms with Crippen molar-refractivity contribution in [1.29, 1.82) is 0 Å². The Balaban J connectivity index is 2.28. The van der Waals surface area contributed by atoms with Gasteiger partial charge >= 0.3 is 0 Å². The van der Waals surface area contributed by atoms with Crippen LogP contribution in [0.1, 0.15) is 32.2 Å². The Morgan fingerprint density at radius 2 is 1.74 bits per heavy atom. The van der Waals surface area contributed by atoms with E-state index in [1.165, 1.54) is 4.68 Å². The maximum atomic E-state index is 12.5. The molecule has 3 rings (SSSR count). The van der Waals surface area contributed by atoms with Crippen LogP contribution in [0.5, 0.6) is 0 Å². The molecule has 0 spiro atoms. The van der Waals surface area contributed by atoms with Gasteiger partial charge in [0.05, 0.1) is 5.69 Å². The average Bonchev–Trinajstić information content (AvgIpc) is 3.02. The van der Waals surface area contributed by atoms with Crippen molar-refractivity contribution in [2.45, 2.75) is 20.8 Å². The van der Waals surface area contributed by atoms with Crippen LogP contribution in [0.4, 0.5) is 0 Å². The predicted molar refractivity (Wildman–Crippen MR) is 107 cm³/mol. The molecule has 142 valence electrons. The van der Waals surface area contributed by atoms with Crippen LogP contribution >= 0.6 is 0 Å². The molecule has 0 fully saturated rings. The van der Waals surface area contributed by atoms with Gasteiger partial charge in [-0.3, -0.25) is 0 Å². The van der Waals surface area contributed by atoms with Crippen molar-refractivity contribution >= 4 is 26.8 Å². The highest BCUT2D eigenvalue weighted by Crippen LogP contribution is 2.22. The number of likely N-dealkylation sites (N-methyl/N-ethyl adjacent to an activating group) is 1. The second-order valence-electron chi connectivity index (χ2n) is 6.17. The van der Waals surface area contributed by atoms with Gasteiger partial charge in [0.1, 0.15) is 11.4 Å². The van der Waals surface area contributed by atoms with Crippen molar-refractivity contribution in [3.63, 3.8) is 0 Å². The van der Waals surface area contributed by atoms with E-state index in [1.807, 2.05) is 56.0 Å². The minimum absolute atomic E-state index is 0.153. The largest absolute Gasteiger partial charge is 0.355 e. The lowest BCUT2D eigenvalue weighted by Gasteiger charge is -2.23. The topological polar surface area (TPSA) is 92.8 Å². The fraction of sp³-hybridized carbons (Fsp3) is 0.333. The Bertz CT molecular complexity index is 1030. The SMILES string of the molecule is CCN(CC)C1=N/N=C(/S(C)(=O)=O)c2c(nnn2-c2ccccc2)/C=C\1C. The zero-order valence-electron chi connectivity index (χ0n) is 15.8. The van der Waals surface area contributed by atoms with Crippen LogP contribution in [-0.2, 0) is 9.84 Å². The zero-order chi connectivity index (χ0) is 19.6. The molecular weight excluding hydrogens is 364 g/mol. The van der Waals surface area contributed by atoms with Crippen LogP contribution < -0.4 is 0 Å². The summed E-state index contributed by atoms with van der Waals surface area (Å²) in [6.45, 7) is 7.39. The molecule has 0 N–H and O–H groups in total.